The minimum absolute atomic E-state index is 0.576. The van der Waals surface area contributed by atoms with E-state index < -0.39 is 20.5 Å². The Balaban J connectivity index is 4.24. The Kier molecular flexibility index (Phi) is 2.89. The van der Waals surface area contributed by atoms with Gasteiger partial charge in [0, 0.05) is 16.6 Å². The predicted molar refractivity (Wildman–Crippen MR) is 34.5 cm³/mol. The lowest BCUT2D eigenvalue weighted by molar-refractivity contribution is 0.344. The van der Waals surface area contributed by atoms with Gasteiger partial charge in [0.05, 0.1) is 0 Å². The molecule has 1 atom stereocenters. The van der Waals surface area contributed by atoms with Gasteiger partial charge in [-0.25, -0.2) is 12.8 Å². The van der Waals surface area contributed by atoms with E-state index in [0.29, 0.717) is 0 Å². The van der Waals surface area contributed by atoms with Crippen LogP contribution in [-0.2, 0) is 9.05 Å². The lowest BCUT2D eigenvalue weighted by Gasteiger charge is -2.05. The van der Waals surface area contributed by atoms with E-state index in [-0.39, 0.29) is 0 Å². The maximum atomic E-state index is 12.3. The van der Waals surface area contributed by atoms with Gasteiger partial charge in [-0.05, 0) is 0 Å². The molecule has 2 nitrogen and oxygen atoms in total. The second-order valence-corrected chi connectivity index (χ2v) is 4.76. The van der Waals surface area contributed by atoms with E-state index in [1.165, 1.54) is 13.8 Å². The summed E-state index contributed by atoms with van der Waals surface area (Å²) in [4.78, 5) is 0. The van der Waals surface area contributed by atoms with Crippen molar-refractivity contribution in [1.82, 2.24) is 0 Å². The average molecular weight is 175 g/mol. The van der Waals surface area contributed by atoms with Crippen molar-refractivity contribution < 1.29 is 12.8 Å². The van der Waals surface area contributed by atoms with Gasteiger partial charge in [0.1, 0.15) is 0 Å². The summed E-state index contributed by atoms with van der Waals surface area (Å²) in [6.45, 7) is 2.90. The Morgan fingerprint density at radius 2 is 1.78 bits per heavy atom. The molecule has 0 amide bonds. The molecule has 0 fully saturated rings. The van der Waals surface area contributed by atoms with Gasteiger partial charge in [-0.15, -0.1) is 0 Å². The Labute approximate surface area is 58.4 Å². The summed E-state index contributed by atoms with van der Waals surface area (Å²) < 4.78 is 32.6. The summed E-state index contributed by atoms with van der Waals surface area (Å²) in [7, 11) is 0.679. The van der Waals surface area contributed by atoms with Crippen LogP contribution in [0.5, 0.6) is 0 Å². The summed E-state index contributed by atoms with van der Waals surface area (Å²) in [5, 5.41) is 0. The van der Waals surface area contributed by atoms with Gasteiger partial charge in [0.2, 0.25) is 5.50 Å². The lowest BCUT2D eigenvalue weighted by Crippen LogP contribution is -2.16. The summed E-state index contributed by atoms with van der Waals surface area (Å²) in [6.07, 6.45) is 0. The summed E-state index contributed by atoms with van der Waals surface area (Å²) in [6, 6.07) is 0. The van der Waals surface area contributed by atoms with E-state index in [4.69, 9.17) is 0 Å². The highest BCUT2D eigenvalue weighted by Crippen LogP contribution is 2.16. The molecule has 1 unspecified atom stereocenters. The molecule has 0 rings (SSSR count). The summed E-state index contributed by atoms with van der Waals surface area (Å²) in [5.41, 5.74) is -1.95. The molecule has 0 aliphatic rings. The van der Waals surface area contributed by atoms with Crippen molar-refractivity contribution in [2.24, 2.45) is 5.92 Å². The first-order valence-electron chi connectivity index (χ1n) is 2.43. The molecular weight excluding hydrogens is 167 g/mol. The highest BCUT2D eigenvalue weighted by molar-refractivity contribution is 8.14. The highest BCUT2D eigenvalue weighted by Gasteiger charge is 2.25. The van der Waals surface area contributed by atoms with Gasteiger partial charge in [-0.2, -0.15) is 0 Å². The number of alkyl halides is 1. The van der Waals surface area contributed by atoms with Crippen molar-refractivity contribution in [3.8, 4) is 0 Å². The van der Waals surface area contributed by atoms with Crippen LogP contribution in [0, 0.1) is 5.92 Å². The zero-order valence-corrected chi connectivity index (χ0v) is 6.71. The molecule has 0 N–H and O–H groups in total. The van der Waals surface area contributed by atoms with Crippen LogP contribution in [0.2, 0.25) is 0 Å². The molecule has 0 aliphatic carbocycles. The van der Waals surface area contributed by atoms with Crippen LogP contribution in [0.3, 0.4) is 0 Å². The van der Waals surface area contributed by atoms with Crippen LogP contribution in [0.1, 0.15) is 13.8 Å². The third-order valence-electron chi connectivity index (χ3n) is 0.793. The molecule has 9 heavy (non-hydrogen) atoms. The van der Waals surface area contributed by atoms with Crippen LogP contribution in [-0.4, -0.2) is 13.9 Å². The van der Waals surface area contributed by atoms with Crippen LogP contribution in [0.25, 0.3) is 0 Å². The van der Waals surface area contributed by atoms with E-state index in [0.717, 1.165) is 0 Å². The Morgan fingerprint density at radius 1 is 1.44 bits per heavy atom. The molecule has 0 aromatic carbocycles. The van der Waals surface area contributed by atoms with E-state index >= 15 is 0 Å². The van der Waals surface area contributed by atoms with Crippen molar-refractivity contribution in [1.29, 1.82) is 0 Å². The topological polar surface area (TPSA) is 34.1 Å². The smallest absolute Gasteiger partial charge is 0.228 e. The van der Waals surface area contributed by atoms with E-state index in [9.17, 15) is 12.8 Å². The SMILES string of the molecule is CC(C)C(F)S(=O)(=O)Cl. The predicted octanol–water partition coefficient (Wildman–Crippen LogP) is 1.51. The summed E-state index contributed by atoms with van der Waals surface area (Å²) >= 11 is 0. The first-order chi connectivity index (χ1) is 3.85. The Morgan fingerprint density at radius 3 is 1.78 bits per heavy atom. The molecule has 0 aromatic rings. The van der Waals surface area contributed by atoms with E-state index in [1.807, 2.05) is 0 Å². The maximum absolute atomic E-state index is 12.3. The summed E-state index contributed by atoms with van der Waals surface area (Å²) in [5.74, 6) is -0.576. The lowest BCUT2D eigenvalue weighted by atomic mass is 10.3. The third kappa shape index (κ3) is 3.01. The Bertz CT molecular complexity index is 175. The molecule has 0 saturated carbocycles. The molecule has 0 bridgehead atoms. The molecular formula is C4H8ClFO2S. The Hall–Kier alpha value is 0.170. The van der Waals surface area contributed by atoms with Crippen LogP contribution >= 0.6 is 10.7 Å². The molecule has 0 saturated heterocycles. The van der Waals surface area contributed by atoms with Gasteiger partial charge in [-0.3, -0.25) is 0 Å². The van der Waals surface area contributed by atoms with Gasteiger partial charge in [0.15, 0.2) is 0 Å². The minimum Gasteiger partial charge on any atom is -0.228 e. The van der Waals surface area contributed by atoms with Crippen LogP contribution in [0.15, 0.2) is 0 Å². The van der Waals surface area contributed by atoms with Crippen molar-refractivity contribution in [3.63, 3.8) is 0 Å². The fourth-order valence-electron chi connectivity index (χ4n) is 0.325. The number of hydrogen-bond donors (Lipinski definition) is 0. The number of hydrogen-bond acceptors (Lipinski definition) is 2. The maximum Gasteiger partial charge on any atom is 0.264 e. The quantitative estimate of drug-likeness (QED) is 0.595. The molecule has 56 valence electrons. The van der Waals surface area contributed by atoms with Crippen LogP contribution in [0.4, 0.5) is 4.39 Å². The molecule has 0 radical (unpaired) electrons. The van der Waals surface area contributed by atoms with Crippen molar-refractivity contribution in [2.75, 3.05) is 0 Å². The fourth-order valence-corrected chi connectivity index (χ4v) is 1.59. The van der Waals surface area contributed by atoms with Crippen LogP contribution < -0.4 is 0 Å². The van der Waals surface area contributed by atoms with Crippen molar-refractivity contribution in [3.05, 3.63) is 0 Å². The number of rotatable bonds is 2. The third-order valence-corrected chi connectivity index (χ3v) is 2.39. The average Bonchev–Trinajstić information content (AvgIpc) is 1.62. The van der Waals surface area contributed by atoms with Gasteiger partial charge < -0.3 is 0 Å². The normalized spacial score (nSPS) is 16.1. The molecule has 0 heterocycles. The zero-order valence-electron chi connectivity index (χ0n) is 5.14. The number of halogens is 2. The van der Waals surface area contributed by atoms with E-state index in [2.05, 4.69) is 10.7 Å². The van der Waals surface area contributed by atoms with Gasteiger partial charge >= 0.3 is 0 Å². The fraction of sp³-hybridized carbons (Fsp3) is 1.00. The molecule has 0 aromatic heterocycles. The van der Waals surface area contributed by atoms with Gasteiger partial charge in [-0.1, -0.05) is 13.8 Å². The van der Waals surface area contributed by atoms with E-state index in [1.54, 1.807) is 0 Å². The molecule has 5 heteroatoms. The highest BCUT2D eigenvalue weighted by atomic mass is 35.7. The first kappa shape index (κ1) is 9.17. The second kappa shape index (κ2) is 2.84. The van der Waals surface area contributed by atoms with Crippen molar-refractivity contribution >= 4 is 19.7 Å². The standard InChI is InChI=1S/C4H8ClFO2S/c1-3(2)4(6)9(5,7)8/h3-4H,1-2H3. The van der Waals surface area contributed by atoms with Gasteiger partial charge in [0.25, 0.3) is 9.05 Å². The molecule has 0 spiro atoms. The molecule has 0 aliphatic heterocycles. The largest absolute Gasteiger partial charge is 0.264 e. The first-order valence-corrected chi connectivity index (χ1v) is 4.80. The second-order valence-electron chi connectivity index (χ2n) is 2.07. The van der Waals surface area contributed by atoms with Crippen molar-refractivity contribution in [2.45, 2.75) is 19.4 Å². The minimum atomic E-state index is -4.00. The zero-order chi connectivity index (χ0) is 7.65. The monoisotopic (exact) mass is 174 g/mol.